The van der Waals surface area contributed by atoms with Crippen LogP contribution in [0.1, 0.15) is 37.7 Å². The minimum Gasteiger partial charge on any atom is -0.371 e. The van der Waals surface area contributed by atoms with E-state index in [1.165, 1.54) is 5.57 Å². The quantitative estimate of drug-likeness (QED) is 0.253. The van der Waals surface area contributed by atoms with Gasteiger partial charge in [0.05, 0.1) is 17.4 Å². The molecule has 2 aromatic carbocycles. The van der Waals surface area contributed by atoms with Crippen LogP contribution in [-0.4, -0.2) is 30.2 Å². The average molecular weight is 557 g/mol. The summed E-state index contributed by atoms with van der Waals surface area (Å²) in [4.78, 5) is 7.47. The predicted molar refractivity (Wildman–Crippen MR) is 134 cm³/mol. The number of aromatic nitrogens is 6. The molecular weight excluding hydrogens is 534 g/mol. The summed E-state index contributed by atoms with van der Waals surface area (Å²) in [5.41, 5.74) is 5.14. The Morgan fingerprint density at radius 1 is 1.19 bits per heavy atom. The molecule has 164 valence electrons. The van der Waals surface area contributed by atoms with E-state index in [9.17, 15) is 0 Å². The first-order valence-electron chi connectivity index (χ1n) is 10.2. The SMILES string of the molecule is C/C=C\C=C(/C)CCn1nnnc1C(Nc1ccc2nc[nH]c2c1)c1cc(Br)cc(Br)c1. The van der Waals surface area contributed by atoms with Crippen LogP contribution in [0.5, 0.6) is 0 Å². The summed E-state index contributed by atoms with van der Waals surface area (Å²) < 4.78 is 3.82. The van der Waals surface area contributed by atoms with Gasteiger partial charge < -0.3 is 10.3 Å². The summed E-state index contributed by atoms with van der Waals surface area (Å²) in [5.74, 6) is 0.749. The Hall–Kier alpha value is -2.78. The van der Waals surface area contributed by atoms with E-state index in [2.05, 4.69) is 87.8 Å². The Kier molecular flexibility index (Phi) is 7.16. The summed E-state index contributed by atoms with van der Waals surface area (Å²) in [6.45, 7) is 4.82. The van der Waals surface area contributed by atoms with Crippen molar-refractivity contribution in [3.05, 3.63) is 86.9 Å². The molecule has 7 nitrogen and oxygen atoms in total. The van der Waals surface area contributed by atoms with Crippen LogP contribution in [0, 0.1) is 0 Å². The van der Waals surface area contributed by atoms with Crippen LogP contribution in [0.25, 0.3) is 11.0 Å². The molecular formula is C23H23Br2N7. The van der Waals surface area contributed by atoms with Gasteiger partial charge in [-0.1, -0.05) is 55.7 Å². The summed E-state index contributed by atoms with van der Waals surface area (Å²) in [7, 11) is 0. The number of anilines is 1. The van der Waals surface area contributed by atoms with Crippen molar-refractivity contribution in [2.45, 2.75) is 32.9 Å². The molecule has 2 aromatic heterocycles. The number of tetrazole rings is 1. The minimum absolute atomic E-state index is 0.251. The van der Waals surface area contributed by atoms with E-state index >= 15 is 0 Å². The Balaban J connectivity index is 1.69. The number of H-pyrrole nitrogens is 1. The zero-order valence-corrected chi connectivity index (χ0v) is 20.9. The van der Waals surface area contributed by atoms with Crippen molar-refractivity contribution in [1.29, 1.82) is 0 Å². The highest BCUT2D eigenvalue weighted by atomic mass is 79.9. The Bertz CT molecular complexity index is 1250. The van der Waals surface area contributed by atoms with Crippen LogP contribution in [0.2, 0.25) is 0 Å². The van der Waals surface area contributed by atoms with Gasteiger partial charge in [0.25, 0.3) is 0 Å². The van der Waals surface area contributed by atoms with Crippen LogP contribution in [0.15, 0.2) is 75.5 Å². The number of benzene rings is 2. The monoisotopic (exact) mass is 555 g/mol. The topological polar surface area (TPSA) is 84.3 Å². The number of nitrogens with one attached hydrogen (secondary N) is 2. The summed E-state index contributed by atoms with van der Waals surface area (Å²) in [6.07, 6.45) is 8.74. The molecule has 0 aliphatic rings. The first kappa shape index (κ1) is 22.4. The number of hydrogen-bond donors (Lipinski definition) is 2. The normalized spacial score (nSPS) is 13.2. The predicted octanol–water partition coefficient (Wildman–Crippen LogP) is 6.19. The summed E-state index contributed by atoms with van der Waals surface area (Å²) in [5, 5.41) is 16.3. The molecule has 0 radical (unpaired) electrons. The molecule has 0 spiro atoms. The van der Waals surface area contributed by atoms with Crippen molar-refractivity contribution in [3.63, 3.8) is 0 Å². The number of nitrogens with zero attached hydrogens (tertiary/aromatic N) is 5. The maximum absolute atomic E-state index is 4.40. The van der Waals surface area contributed by atoms with Gasteiger partial charge in [-0.05, 0) is 72.7 Å². The number of aromatic amines is 1. The number of fused-ring (bicyclic) bond motifs is 1. The molecule has 0 bridgehead atoms. The third-order valence-electron chi connectivity index (χ3n) is 5.06. The number of allylic oxidation sites excluding steroid dienone is 4. The molecule has 1 atom stereocenters. The van der Waals surface area contributed by atoms with Crippen molar-refractivity contribution in [2.75, 3.05) is 5.32 Å². The van der Waals surface area contributed by atoms with E-state index < -0.39 is 0 Å². The van der Waals surface area contributed by atoms with Crippen LogP contribution >= 0.6 is 31.9 Å². The molecule has 4 rings (SSSR count). The fourth-order valence-electron chi connectivity index (χ4n) is 3.43. The lowest BCUT2D eigenvalue weighted by molar-refractivity contribution is 0.555. The molecule has 0 aliphatic heterocycles. The zero-order chi connectivity index (χ0) is 22.5. The van der Waals surface area contributed by atoms with Crippen LogP contribution in [-0.2, 0) is 6.54 Å². The van der Waals surface area contributed by atoms with Gasteiger partial charge in [0.1, 0.15) is 6.04 Å². The van der Waals surface area contributed by atoms with Crippen LogP contribution in [0.4, 0.5) is 5.69 Å². The maximum Gasteiger partial charge on any atom is 0.178 e. The van der Waals surface area contributed by atoms with E-state index in [1.807, 2.05) is 48.0 Å². The first-order chi connectivity index (χ1) is 15.5. The van der Waals surface area contributed by atoms with Crippen molar-refractivity contribution < 1.29 is 0 Å². The lowest BCUT2D eigenvalue weighted by atomic mass is 10.1. The number of rotatable bonds is 8. The molecule has 9 heteroatoms. The Morgan fingerprint density at radius 2 is 2.00 bits per heavy atom. The number of hydrogen-bond acceptors (Lipinski definition) is 5. The fourth-order valence-corrected chi connectivity index (χ4v) is 4.76. The van der Waals surface area contributed by atoms with Gasteiger partial charge in [-0.2, -0.15) is 0 Å². The summed E-state index contributed by atoms with van der Waals surface area (Å²) in [6, 6.07) is 12.0. The average Bonchev–Trinajstić information content (AvgIpc) is 3.42. The molecule has 0 fully saturated rings. The zero-order valence-electron chi connectivity index (χ0n) is 17.8. The van der Waals surface area contributed by atoms with E-state index in [1.54, 1.807) is 6.33 Å². The second kappa shape index (κ2) is 10.2. The molecule has 2 N–H and O–H groups in total. The standard InChI is InChI=1S/C23H23Br2N7/c1-3-4-5-15(2)8-9-32-23(29-30-31-32)22(16-10-17(24)12-18(25)11-16)28-19-6-7-20-21(13-19)27-14-26-20/h3-7,10-14,22,28H,8-9H2,1-2H3,(H,26,27)/b4-3-,15-5+. The van der Waals surface area contributed by atoms with Crippen molar-refractivity contribution in [2.24, 2.45) is 0 Å². The van der Waals surface area contributed by atoms with Gasteiger partial charge in [-0.25, -0.2) is 9.67 Å². The summed E-state index contributed by atoms with van der Waals surface area (Å²) >= 11 is 7.21. The highest BCUT2D eigenvalue weighted by molar-refractivity contribution is 9.11. The Morgan fingerprint density at radius 3 is 2.78 bits per heavy atom. The van der Waals surface area contributed by atoms with Gasteiger partial charge in [-0.15, -0.1) is 5.10 Å². The van der Waals surface area contributed by atoms with Crippen molar-refractivity contribution in [1.82, 2.24) is 30.2 Å². The van der Waals surface area contributed by atoms with E-state index in [0.717, 1.165) is 43.5 Å². The minimum atomic E-state index is -0.251. The molecule has 0 saturated heterocycles. The molecule has 1 unspecified atom stereocenters. The Labute approximate surface area is 203 Å². The van der Waals surface area contributed by atoms with Gasteiger partial charge >= 0.3 is 0 Å². The van der Waals surface area contributed by atoms with E-state index in [4.69, 9.17) is 0 Å². The van der Waals surface area contributed by atoms with Gasteiger partial charge in [0.2, 0.25) is 0 Å². The highest BCUT2D eigenvalue weighted by Crippen LogP contribution is 2.31. The first-order valence-corrected chi connectivity index (χ1v) is 11.8. The molecule has 0 amide bonds. The second-order valence-corrected chi connectivity index (χ2v) is 9.29. The number of halogens is 2. The third kappa shape index (κ3) is 5.34. The van der Waals surface area contributed by atoms with Crippen molar-refractivity contribution in [3.8, 4) is 0 Å². The van der Waals surface area contributed by atoms with E-state index in [0.29, 0.717) is 6.54 Å². The smallest absolute Gasteiger partial charge is 0.178 e. The number of imidazole rings is 1. The second-order valence-electron chi connectivity index (χ2n) is 7.46. The molecule has 0 aliphatic carbocycles. The maximum atomic E-state index is 4.40. The molecule has 2 heterocycles. The lowest BCUT2D eigenvalue weighted by Crippen LogP contribution is -2.19. The van der Waals surface area contributed by atoms with Gasteiger partial charge in [0, 0.05) is 21.2 Å². The van der Waals surface area contributed by atoms with Crippen molar-refractivity contribution >= 4 is 48.6 Å². The van der Waals surface area contributed by atoms with Crippen LogP contribution < -0.4 is 5.32 Å². The van der Waals surface area contributed by atoms with Gasteiger partial charge in [0.15, 0.2) is 5.82 Å². The molecule has 32 heavy (non-hydrogen) atoms. The third-order valence-corrected chi connectivity index (χ3v) is 5.97. The molecule has 4 aromatic rings. The fraction of sp³-hybridized carbons (Fsp3) is 0.217. The lowest BCUT2D eigenvalue weighted by Gasteiger charge is -2.20. The largest absolute Gasteiger partial charge is 0.371 e. The van der Waals surface area contributed by atoms with Gasteiger partial charge in [-0.3, -0.25) is 0 Å². The highest BCUT2D eigenvalue weighted by Gasteiger charge is 2.22. The van der Waals surface area contributed by atoms with E-state index in [-0.39, 0.29) is 6.04 Å². The molecule has 0 saturated carbocycles. The number of aryl methyl sites for hydroxylation is 1. The van der Waals surface area contributed by atoms with Crippen LogP contribution in [0.3, 0.4) is 0 Å².